The average Bonchev–Trinajstić information content (AvgIpc) is 2.71. The number of benzene rings is 1. The van der Waals surface area contributed by atoms with Gasteiger partial charge in [0.15, 0.2) is 11.5 Å². The molecule has 1 aromatic rings. The summed E-state index contributed by atoms with van der Waals surface area (Å²) in [5.41, 5.74) is 8.64. The normalized spacial score (nSPS) is 24.9. The summed E-state index contributed by atoms with van der Waals surface area (Å²) in [6, 6.07) is 3.84. The number of esters is 1. The second-order valence-corrected chi connectivity index (χ2v) is 9.54. The van der Waals surface area contributed by atoms with Crippen molar-refractivity contribution in [3.63, 3.8) is 0 Å². The topological polar surface area (TPSA) is 74.0 Å². The van der Waals surface area contributed by atoms with Gasteiger partial charge in [-0.25, -0.2) is 0 Å². The van der Waals surface area contributed by atoms with E-state index in [9.17, 15) is 4.79 Å². The van der Waals surface area contributed by atoms with Crippen molar-refractivity contribution >= 4 is 5.97 Å². The maximum absolute atomic E-state index is 12.7. The Morgan fingerprint density at radius 3 is 2.43 bits per heavy atom. The van der Waals surface area contributed by atoms with Crippen LogP contribution in [-0.2, 0) is 16.0 Å². The van der Waals surface area contributed by atoms with Crippen LogP contribution >= 0.6 is 0 Å². The van der Waals surface area contributed by atoms with Crippen LogP contribution in [0.1, 0.15) is 57.7 Å². The van der Waals surface area contributed by atoms with Gasteiger partial charge in [0.05, 0.1) is 14.2 Å². The molecule has 2 N–H and O–H groups in total. The number of hydrogen-bond donors (Lipinski definition) is 1. The highest BCUT2D eigenvalue weighted by Crippen LogP contribution is 2.44. The van der Waals surface area contributed by atoms with Crippen molar-refractivity contribution in [1.29, 1.82) is 0 Å². The van der Waals surface area contributed by atoms with Gasteiger partial charge < -0.3 is 19.9 Å². The van der Waals surface area contributed by atoms with Crippen LogP contribution < -0.4 is 15.2 Å². The van der Waals surface area contributed by atoms with Crippen LogP contribution in [0.2, 0.25) is 0 Å². The standard InChI is InChI=1S/C24H38N2O4/c1-14(2)9-17-13-26-8-7-16-10-21(28-5)22(29-6)11-18(16)19(26)12-20(17)30-24(27)23(25)15(3)4/h10-11,14-15,17,19-20,23H,7-9,12-13,25H2,1-6H3/t17-,19-,20-,23+/m0/s1. The summed E-state index contributed by atoms with van der Waals surface area (Å²) < 4.78 is 17.1. The molecule has 30 heavy (non-hydrogen) atoms. The Kier molecular flexibility index (Phi) is 7.30. The first-order chi connectivity index (χ1) is 14.2. The summed E-state index contributed by atoms with van der Waals surface area (Å²) in [5, 5.41) is 0. The second kappa shape index (κ2) is 9.56. The highest BCUT2D eigenvalue weighted by molar-refractivity contribution is 5.76. The Hall–Kier alpha value is -1.79. The number of nitrogens with two attached hydrogens (primary N) is 1. The van der Waals surface area contributed by atoms with E-state index in [-0.39, 0.29) is 24.0 Å². The number of methoxy groups -OCH3 is 2. The minimum Gasteiger partial charge on any atom is -0.493 e. The molecule has 0 aromatic heterocycles. The summed E-state index contributed by atoms with van der Waals surface area (Å²) in [6.07, 6.45) is 2.70. The van der Waals surface area contributed by atoms with Gasteiger partial charge in [0, 0.05) is 31.5 Å². The number of rotatable bonds is 7. The molecule has 1 fully saturated rings. The summed E-state index contributed by atoms with van der Waals surface area (Å²) in [4.78, 5) is 15.2. The fourth-order valence-corrected chi connectivity index (χ4v) is 4.88. The second-order valence-electron chi connectivity index (χ2n) is 9.54. The Morgan fingerprint density at radius 1 is 1.17 bits per heavy atom. The number of piperidine rings is 1. The molecule has 6 nitrogen and oxygen atoms in total. The molecule has 0 spiro atoms. The number of hydrogen-bond acceptors (Lipinski definition) is 6. The Balaban J connectivity index is 1.88. The number of nitrogens with zero attached hydrogens (tertiary/aromatic N) is 1. The molecular formula is C24H38N2O4. The minimum absolute atomic E-state index is 0.0632. The molecule has 168 valence electrons. The first-order valence-corrected chi connectivity index (χ1v) is 11.2. The lowest BCUT2D eigenvalue weighted by Crippen LogP contribution is -2.51. The third kappa shape index (κ3) is 4.75. The lowest BCUT2D eigenvalue weighted by molar-refractivity contribution is -0.160. The number of carbonyl (C=O) groups is 1. The first-order valence-electron chi connectivity index (χ1n) is 11.2. The number of fused-ring (bicyclic) bond motifs is 3. The smallest absolute Gasteiger partial charge is 0.323 e. The van der Waals surface area contributed by atoms with E-state index in [1.54, 1.807) is 14.2 Å². The van der Waals surface area contributed by atoms with Crippen LogP contribution in [0, 0.1) is 17.8 Å². The molecule has 2 aliphatic rings. The molecule has 2 heterocycles. The third-order valence-corrected chi connectivity index (χ3v) is 6.60. The lowest BCUT2D eigenvalue weighted by atomic mass is 9.79. The molecule has 0 bridgehead atoms. The van der Waals surface area contributed by atoms with E-state index in [0.717, 1.165) is 43.9 Å². The van der Waals surface area contributed by atoms with Crippen LogP contribution in [0.15, 0.2) is 12.1 Å². The van der Waals surface area contributed by atoms with Crippen LogP contribution in [0.5, 0.6) is 11.5 Å². The summed E-state index contributed by atoms with van der Waals surface area (Å²) in [6.45, 7) is 10.3. The van der Waals surface area contributed by atoms with Crippen molar-refractivity contribution in [2.75, 3.05) is 27.3 Å². The van der Waals surface area contributed by atoms with Gasteiger partial charge in [-0.3, -0.25) is 9.69 Å². The summed E-state index contributed by atoms with van der Waals surface area (Å²) in [5.74, 6) is 2.18. The fourth-order valence-electron chi connectivity index (χ4n) is 4.88. The summed E-state index contributed by atoms with van der Waals surface area (Å²) >= 11 is 0. The Bertz CT molecular complexity index is 749. The van der Waals surface area contributed by atoms with Crippen LogP contribution in [0.25, 0.3) is 0 Å². The molecular weight excluding hydrogens is 380 g/mol. The molecule has 0 amide bonds. The van der Waals surface area contributed by atoms with Gasteiger partial charge in [-0.2, -0.15) is 0 Å². The van der Waals surface area contributed by atoms with E-state index in [4.69, 9.17) is 19.9 Å². The average molecular weight is 419 g/mol. The van der Waals surface area contributed by atoms with Gasteiger partial charge in [0.2, 0.25) is 0 Å². The predicted molar refractivity (Wildman–Crippen MR) is 118 cm³/mol. The maximum Gasteiger partial charge on any atom is 0.323 e. The molecule has 0 radical (unpaired) electrons. The van der Waals surface area contributed by atoms with E-state index in [2.05, 4.69) is 30.9 Å². The zero-order valence-corrected chi connectivity index (χ0v) is 19.3. The molecule has 0 unspecified atom stereocenters. The van der Waals surface area contributed by atoms with E-state index < -0.39 is 6.04 Å². The van der Waals surface area contributed by atoms with Gasteiger partial charge in [-0.05, 0) is 47.9 Å². The highest BCUT2D eigenvalue weighted by atomic mass is 16.5. The molecule has 0 saturated carbocycles. The van der Waals surface area contributed by atoms with Gasteiger partial charge in [0.1, 0.15) is 12.1 Å². The number of carbonyl (C=O) groups excluding carboxylic acids is 1. The largest absolute Gasteiger partial charge is 0.493 e. The van der Waals surface area contributed by atoms with Crippen molar-refractivity contribution in [3.8, 4) is 11.5 Å². The van der Waals surface area contributed by atoms with Crippen molar-refractivity contribution in [2.24, 2.45) is 23.5 Å². The van der Waals surface area contributed by atoms with E-state index >= 15 is 0 Å². The molecule has 4 atom stereocenters. The SMILES string of the molecule is COc1cc2c(cc1OC)[C@@H]1C[C@H](OC(=O)[C@H](N)C(C)C)[C@@H](CC(C)C)CN1CC2. The van der Waals surface area contributed by atoms with Crippen molar-refractivity contribution in [3.05, 3.63) is 23.3 Å². The fraction of sp³-hybridized carbons (Fsp3) is 0.708. The predicted octanol–water partition coefficient (Wildman–Crippen LogP) is 3.56. The molecule has 3 rings (SSSR count). The monoisotopic (exact) mass is 418 g/mol. The van der Waals surface area contributed by atoms with Crippen molar-refractivity contribution in [1.82, 2.24) is 4.90 Å². The van der Waals surface area contributed by atoms with E-state index in [1.165, 1.54) is 11.1 Å². The molecule has 1 aromatic carbocycles. The van der Waals surface area contributed by atoms with Gasteiger partial charge >= 0.3 is 5.97 Å². The molecule has 2 aliphatic heterocycles. The zero-order chi connectivity index (χ0) is 22.0. The van der Waals surface area contributed by atoms with E-state index in [0.29, 0.717) is 11.8 Å². The minimum atomic E-state index is -0.578. The van der Waals surface area contributed by atoms with Gasteiger partial charge in [-0.15, -0.1) is 0 Å². The van der Waals surface area contributed by atoms with Crippen LogP contribution in [0.3, 0.4) is 0 Å². The van der Waals surface area contributed by atoms with E-state index in [1.807, 2.05) is 13.8 Å². The van der Waals surface area contributed by atoms with Crippen molar-refractivity contribution in [2.45, 2.75) is 65.1 Å². The molecule has 0 aliphatic carbocycles. The maximum atomic E-state index is 12.7. The Labute approximate surface area is 181 Å². The van der Waals surface area contributed by atoms with Gasteiger partial charge in [-0.1, -0.05) is 27.7 Å². The zero-order valence-electron chi connectivity index (χ0n) is 19.3. The van der Waals surface area contributed by atoms with Crippen molar-refractivity contribution < 1.29 is 19.0 Å². The van der Waals surface area contributed by atoms with Crippen LogP contribution in [-0.4, -0.2) is 50.3 Å². The number of ether oxygens (including phenoxy) is 3. The summed E-state index contributed by atoms with van der Waals surface area (Å²) in [7, 11) is 3.34. The highest BCUT2D eigenvalue weighted by Gasteiger charge is 2.41. The quantitative estimate of drug-likeness (QED) is 0.683. The molecule has 6 heteroatoms. The van der Waals surface area contributed by atoms with Gasteiger partial charge in [0.25, 0.3) is 0 Å². The Morgan fingerprint density at radius 2 is 1.83 bits per heavy atom. The lowest BCUT2D eigenvalue weighted by Gasteiger charge is -2.47. The van der Waals surface area contributed by atoms with Crippen LogP contribution in [0.4, 0.5) is 0 Å². The third-order valence-electron chi connectivity index (χ3n) is 6.60. The molecule has 1 saturated heterocycles. The first kappa shape index (κ1) is 22.9.